The van der Waals surface area contributed by atoms with Gasteiger partial charge in [-0.1, -0.05) is 64.9 Å². The fourth-order valence-electron chi connectivity index (χ4n) is 2.84. The van der Waals surface area contributed by atoms with E-state index in [0.717, 1.165) is 16.9 Å². The smallest absolute Gasteiger partial charge is 0.396 e. The molecule has 0 spiro atoms. The molecule has 0 radical (unpaired) electrons. The molecule has 0 aliphatic carbocycles. The highest BCUT2D eigenvalue weighted by atomic mass is 35.5. The lowest BCUT2D eigenvalue weighted by Gasteiger charge is -2.09. The molecule has 4 aromatic rings. The van der Waals surface area contributed by atoms with Crippen LogP contribution in [0.15, 0.2) is 69.9 Å². The second-order valence-corrected chi connectivity index (χ2v) is 7.83. The molecular formula is C21H12Cl2O4S. The number of hydrogen-bond acceptors (Lipinski definition) is 5. The molecule has 1 heterocycles. The molecule has 140 valence electrons. The van der Waals surface area contributed by atoms with Gasteiger partial charge in [0.2, 0.25) is 0 Å². The van der Waals surface area contributed by atoms with Crippen LogP contribution in [0.5, 0.6) is 5.75 Å². The fourth-order valence-corrected chi connectivity index (χ4v) is 3.96. The lowest BCUT2D eigenvalue weighted by atomic mass is 10.0. The molecule has 0 bridgehead atoms. The molecule has 28 heavy (non-hydrogen) atoms. The van der Waals surface area contributed by atoms with E-state index in [1.54, 1.807) is 30.3 Å². The van der Waals surface area contributed by atoms with Gasteiger partial charge >= 0.3 is 10.9 Å². The van der Waals surface area contributed by atoms with Crippen LogP contribution in [-0.4, -0.2) is 5.97 Å². The summed E-state index contributed by atoms with van der Waals surface area (Å²) < 4.78 is 11.4. The molecule has 1 aromatic heterocycles. The van der Waals surface area contributed by atoms with E-state index in [1.807, 2.05) is 30.3 Å². The molecule has 7 heteroatoms. The quantitative estimate of drug-likeness (QED) is 0.295. The topological polar surface area (TPSA) is 56.5 Å². The summed E-state index contributed by atoms with van der Waals surface area (Å²) >= 11 is 13.4. The molecule has 3 aromatic carbocycles. The minimum Gasteiger partial charge on any atom is -0.426 e. The monoisotopic (exact) mass is 430 g/mol. The van der Waals surface area contributed by atoms with Crippen molar-refractivity contribution < 1.29 is 13.9 Å². The van der Waals surface area contributed by atoms with Gasteiger partial charge < -0.3 is 9.15 Å². The van der Waals surface area contributed by atoms with Gasteiger partial charge in [0.15, 0.2) is 5.58 Å². The van der Waals surface area contributed by atoms with Crippen LogP contribution in [0.25, 0.3) is 21.4 Å². The van der Waals surface area contributed by atoms with Crippen molar-refractivity contribution in [1.82, 2.24) is 0 Å². The maximum Gasteiger partial charge on any atom is 0.396 e. The predicted octanol–water partition coefficient (Wildman–Crippen LogP) is 5.98. The zero-order valence-corrected chi connectivity index (χ0v) is 16.6. The number of esters is 1. The predicted molar refractivity (Wildman–Crippen MR) is 112 cm³/mol. The Morgan fingerprint density at radius 2 is 1.79 bits per heavy atom. The maximum absolute atomic E-state index is 12.3. The van der Waals surface area contributed by atoms with E-state index >= 15 is 0 Å². The molecular weight excluding hydrogens is 419 g/mol. The average molecular weight is 431 g/mol. The van der Waals surface area contributed by atoms with Crippen molar-refractivity contribution >= 4 is 50.8 Å². The number of carbonyl (C=O) groups excluding carboxylic acids is 1. The highest BCUT2D eigenvalue weighted by molar-refractivity contribution is 7.16. The molecule has 0 aliphatic rings. The minimum atomic E-state index is -0.456. The van der Waals surface area contributed by atoms with Gasteiger partial charge in [0.25, 0.3) is 0 Å². The van der Waals surface area contributed by atoms with Crippen LogP contribution in [0.3, 0.4) is 0 Å². The van der Waals surface area contributed by atoms with E-state index in [9.17, 15) is 9.59 Å². The Labute approximate surface area is 173 Å². The van der Waals surface area contributed by atoms with Gasteiger partial charge in [-0.15, -0.1) is 0 Å². The first-order chi connectivity index (χ1) is 13.5. The van der Waals surface area contributed by atoms with Crippen molar-refractivity contribution in [2.45, 2.75) is 6.42 Å². The van der Waals surface area contributed by atoms with E-state index in [4.69, 9.17) is 32.4 Å². The number of fused-ring (bicyclic) bond motifs is 1. The molecule has 0 N–H and O–H groups in total. The highest BCUT2D eigenvalue weighted by Crippen LogP contribution is 2.38. The number of carbonyl (C=O) groups is 1. The van der Waals surface area contributed by atoms with E-state index in [1.165, 1.54) is 0 Å². The molecule has 0 amide bonds. The summed E-state index contributed by atoms with van der Waals surface area (Å²) in [4.78, 5) is 23.7. The SMILES string of the molecule is O=C(Cc1ccccc1)Oc1cc(-c2cc(Cl)ccc2Cl)c2oc(=O)sc2c1. The zero-order chi connectivity index (χ0) is 19.7. The van der Waals surface area contributed by atoms with Crippen LogP contribution in [0.2, 0.25) is 10.0 Å². The van der Waals surface area contributed by atoms with Gasteiger partial charge in [-0.2, -0.15) is 0 Å². The summed E-state index contributed by atoms with van der Waals surface area (Å²) in [6, 6.07) is 17.5. The van der Waals surface area contributed by atoms with Crippen LogP contribution < -0.4 is 9.68 Å². The maximum atomic E-state index is 12.3. The van der Waals surface area contributed by atoms with E-state index in [0.29, 0.717) is 37.2 Å². The number of halogens is 2. The molecule has 0 saturated heterocycles. The Bertz CT molecular complexity index is 1230. The van der Waals surface area contributed by atoms with Crippen LogP contribution in [0.1, 0.15) is 5.56 Å². The van der Waals surface area contributed by atoms with E-state index in [-0.39, 0.29) is 6.42 Å². The van der Waals surface area contributed by atoms with Crippen molar-refractivity contribution in [2.75, 3.05) is 0 Å². The Hall–Kier alpha value is -2.60. The summed E-state index contributed by atoms with van der Waals surface area (Å²) in [5, 5.41) is 0.920. The van der Waals surface area contributed by atoms with Crippen molar-refractivity contribution in [2.24, 2.45) is 0 Å². The van der Waals surface area contributed by atoms with E-state index in [2.05, 4.69) is 0 Å². The van der Waals surface area contributed by atoms with Crippen LogP contribution in [-0.2, 0) is 11.2 Å². The number of benzene rings is 3. The van der Waals surface area contributed by atoms with Crippen molar-refractivity contribution in [3.05, 3.63) is 86.0 Å². The molecule has 0 saturated carbocycles. The standard InChI is InChI=1S/C21H12Cl2O4S/c22-13-6-7-17(23)15(9-13)16-10-14(11-18-20(16)27-21(25)28-18)26-19(24)8-12-4-2-1-3-5-12/h1-7,9-11H,8H2. The van der Waals surface area contributed by atoms with Gasteiger partial charge in [0, 0.05) is 27.2 Å². The summed E-state index contributed by atoms with van der Waals surface area (Å²) in [5.74, 6) is -0.110. The van der Waals surface area contributed by atoms with Crippen LogP contribution in [0.4, 0.5) is 0 Å². The first-order valence-corrected chi connectivity index (χ1v) is 9.84. The molecule has 0 aliphatic heterocycles. The van der Waals surface area contributed by atoms with Crippen molar-refractivity contribution in [3.8, 4) is 16.9 Å². The van der Waals surface area contributed by atoms with Gasteiger partial charge in [-0.3, -0.25) is 4.79 Å². The number of hydrogen-bond donors (Lipinski definition) is 0. The molecule has 0 unspecified atom stereocenters. The fraction of sp³-hybridized carbons (Fsp3) is 0.0476. The lowest BCUT2D eigenvalue weighted by Crippen LogP contribution is -2.11. The summed E-state index contributed by atoms with van der Waals surface area (Å²) in [5.41, 5.74) is 2.34. The second kappa shape index (κ2) is 7.80. The Balaban J connectivity index is 1.75. The first-order valence-electron chi connectivity index (χ1n) is 8.27. The van der Waals surface area contributed by atoms with Gasteiger partial charge in [-0.25, -0.2) is 4.79 Å². The Morgan fingerprint density at radius 1 is 1.00 bits per heavy atom. The zero-order valence-electron chi connectivity index (χ0n) is 14.3. The third-order valence-corrected chi connectivity index (χ3v) is 5.39. The second-order valence-electron chi connectivity index (χ2n) is 6.01. The molecule has 4 nitrogen and oxygen atoms in total. The summed E-state index contributed by atoms with van der Waals surface area (Å²) in [7, 11) is 0. The van der Waals surface area contributed by atoms with Gasteiger partial charge in [-0.05, 0) is 29.8 Å². The Kier molecular flexibility index (Phi) is 5.22. The normalized spacial score (nSPS) is 10.9. The first kappa shape index (κ1) is 18.7. The molecule has 4 rings (SSSR count). The minimum absolute atomic E-state index is 0.133. The third-order valence-electron chi connectivity index (χ3n) is 4.05. The van der Waals surface area contributed by atoms with Crippen molar-refractivity contribution in [1.29, 1.82) is 0 Å². The average Bonchev–Trinajstić information content (AvgIpc) is 3.04. The third kappa shape index (κ3) is 3.97. The van der Waals surface area contributed by atoms with Crippen molar-refractivity contribution in [3.63, 3.8) is 0 Å². The summed E-state index contributed by atoms with van der Waals surface area (Å²) in [6.45, 7) is 0. The van der Waals surface area contributed by atoms with E-state index < -0.39 is 10.9 Å². The number of rotatable bonds is 4. The van der Waals surface area contributed by atoms with Crippen LogP contribution >= 0.6 is 34.5 Å². The van der Waals surface area contributed by atoms with Gasteiger partial charge in [0.1, 0.15) is 5.75 Å². The lowest BCUT2D eigenvalue weighted by molar-refractivity contribution is -0.133. The van der Waals surface area contributed by atoms with Gasteiger partial charge in [0.05, 0.1) is 11.1 Å². The number of ether oxygens (including phenoxy) is 1. The molecule has 0 atom stereocenters. The summed E-state index contributed by atoms with van der Waals surface area (Å²) in [6.07, 6.45) is 0.133. The highest BCUT2D eigenvalue weighted by Gasteiger charge is 2.17. The largest absolute Gasteiger partial charge is 0.426 e. The molecule has 0 fully saturated rings. The van der Waals surface area contributed by atoms with Crippen LogP contribution in [0, 0.1) is 0 Å². The Morgan fingerprint density at radius 3 is 2.57 bits per heavy atom.